The second kappa shape index (κ2) is 8.15. The number of nitrogens with zero attached hydrogens (tertiary/aromatic N) is 1. The zero-order valence-electron chi connectivity index (χ0n) is 13.1. The first kappa shape index (κ1) is 16.0. The first-order valence-corrected chi connectivity index (χ1v) is 8.36. The number of aryl methyl sites for hydroxylation is 2. The maximum Gasteiger partial charge on any atom is 0.140 e. The number of thiazole rings is 1. The summed E-state index contributed by atoms with van der Waals surface area (Å²) in [7, 11) is 0. The van der Waals surface area contributed by atoms with Gasteiger partial charge >= 0.3 is 0 Å². The molecule has 0 bridgehead atoms. The van der Waals surface area contributed by atoms with Crippen LogP contribution in [0, 0.1) is 13.8 Å². The van der Waals surface area contributed by atoms with E-state index >= 15 is 0 Å². The summed E-state index contributed by atoms with van der Waals surface area (Å²) in [5.41, 5.74) is 2.28. The quantitative estimate of drug-likeness (QED) is 0.741. The molecule has 2 rings (SSSR count). The van der Waals surface area contributed by atoms with Crippen molar-refractivity contribution in [2.24, 2.45) is 0 Å². The molecule has 0 aliphatic carbocycles. The van der Waals surface area contributed by atoms with Crippen LogP contribution in [0.4, 0.5) is 0 Å². The van der Waals surface area contributed by atoms with E-state index in [2.05, 4.69) is 37.1 Å². The summed E-state index contributed by atoms with van der Waals surface area (Å²) in [4.78, 5) is 5.92. The van der Waals surface area contributed by atoms with Crippen LogP contribution >= 0.6 is 11.3 Å². The number of hydrogen-bond donors (Lipinski definition) is 1. The number of ether oxygens (including phenoxy) is 1. The molecular formula is C17H24N2OS. The minimum Gasteiger partial charge on any atom is -0.486 e. The highest BCUT2D eigenvalue weighted by molar-refractivity contribution is 7.11. The Hall–Kier alpha value is -1.39. The van der Waals surface area contributed by atoms with Gasteiger partial charge in [0.15, 0.2) is 0 Å². The lowest BCUT2D eigenvalue weighted by atomic mass is 10.2. The molecule has 4 heteroatoms. The predicted octanol–water partition coefficient (Wildman–Crippen LogP) is 4.23. The van der Waals surface area contributed by atoms with Crippen LogP contribution in [0.2, 0.25) is 0 Å². The second-order valence-corrected chi connectivity index (χ2v) is 6.37. The molecule has 2 aromatic rings. The van der Waals surface area contributed by atoms with Crippen molar-refractivity contribution in [2.75, 3.05) is 6.54 Å². The lowest BCUT2D eigenvalue weighted by Crippen LogP contribution is -2.14. The van der Waals surface area contributed by atoms with Gasteiger partial charge in [-0.1, -0.05) is 31.5 Å². The van der Waals surface area contributed by atoms with Gasteiger partial charge in [-0.15, -0.1) is 11.3 Å². The average molecular weight is 304 g/mol. The number of aromatic nitrogens is 1. The standard InChI is InChI=1S/C17H24N2OS/c1-4-5-10-18-11-16-14(3)19-17(21-16)12-20-15-9-7-6-8-13(15)2/h6-9,18H,4-5,10-12H2,1-3H3. The Morgan fingerprint density at radius 3 is 2.81 bits per heavy atom. The molecule has 0 unspecified atom stereocenters. The van der Waals surface area contributed by atoms with Gasteiger partial charge in [-0.3, -0.25) is 0 Å². The zero-order valence-corrected chi connectivity index (χ0v) is 13.9. The van der Waals surface area contributed by atoms with Crippen molar-refractivity contribution in [1.29, 1.82) is 0 Å². The number of para-hydroxylation sites is 1. The van der Waals surface area contributed by atoms with Gasteiger partial charge in [-0.05, 0) is 38.4 Å². The summed E-state index contributed by atoms with van der Waals surface area (Å²) in [6.45, 7) is 8.87. The first-order valence-electron chi connectivity index (χ1n) is 7.55. The third-order valence-corrected chi connectivity index (χ3v) is 4.51. The highest BCUT2D eigenvalue weighted by Crippen LogP contribution is 2.22. The van der Waals surface area contributed by atoms with Crippen molar-refractivity contribution in [2.45, 2.75) is 46.8 Å². The van der Waals surface area contributed by atoms with Gasteiger partial charge < -0.3 is 10.1 Å². The van der Waals surface area contributed by atoms with E-state index in [-0.39, 0.29) is 0 Å². The van der Waals surface area contributed by atoms with Crippen LogP contribution in [0.5, 0.6) is 5.75 Å². The summed E-state index contributed by atoms with van der Waals surface area (Å²) >= 11 is 1.74. The van der Waals surface area contributed by atoms with Gasteiger partial charge in [0.05, 0.1) is 5.69 Å². The fourth-order valence-corrected chi connectivity index (χ4v) is 3.03. The normalized spacial score (nSPS) is 10.8. The molecule has 0 spiro atoms. The topological polar surface area (TPSA) is 34.1 Å². The fraction of sp³-hybridized carbons (Fsp3) is 0.471. The summed E-state index contributed by atoms with van der Waals surface area (Å²) in [6.07, 6.45) is 2.45. The number of rotatable bonds is 8. The maximum atomic E-state index is 5.86. The zero-order chi connectivity index (χ0) is 15.1. The minimum atomic E-state index is 0.547. The van der Waals surface area contributed by atoms with Crippen LogP contribution in [0.15, 0.2) is 24.3 Å². The molecule has 3 nitrogen and oxygen atoms in total. The van der Waals surface area contributed by atoms with Gasteiger partial charge in [-0.25, -0.2) is 4.98 Å². The highest BCUT2D eigenvalue weighted by Gasteiger charge is 2.08. The smallest absolute Gasteiger partial charge is 0.140 e. The Morgan fingerprint density at radius 2 is 2.05 bits per heavy atom. The molecule has 0 aliphatic heterocycles. The molecular weight excluding hydrogens is 280 g/mol. The molecule has 0 amide bonds. The van der Waals surface area contributed by atoms with Crippen LogP contribution in [0.1, 0.15) is 40.9 Å². The Bertz CT molecular complexity index is 566. The third-order valence-electron chi connectivity index (χ3n) is 3.37. The summed E-state index contributed by atoms with van der Waals surface area (Å²) < 4.78 is 5.86. The number of benzene rings is 1. The molecule has 0 radical (unpaired) electrons. The van der Waals surface area contributed by atoms with Gasteiger partial charge in [0.2, 0.25) is 0 Å². The number of hydrogen-bond acceptors (Lipinski definition) is 4. The van der Waals surface area contributed by atoms with Crippen LogP contribution in [-0.2, 0) is 13.2 Å². The van der Waals surface area contributed by atoms with E-state index in [9.17, 15) is 0 Å². The van der Waals surface area contributed by atoms with E-state index in [0.29, 0.717) is 6.61 Å². The monoisotopic (exact) mass is 304 g/mol. The largest absolute Gasteiger partial charge is 0.486 e. The van der Waals surface area contributed by atoms with Crippen LogP contribution in [-0.4, -0.2) is 11.5 Å². The first-order chi connectivity index (χ1) is 10.2. The van der Waals surface area contributed by atoms with E-state index < -0.39 is 0 Å². The Labute approximate surface area is 131 Å². The van der Waals surface area contributed by atoms with E-state index in [1.807, 2.05) is 18.2 Å². The molecule has 0 atom stereocenters. The van der Waals surface area contributed by atoms with Gasteiger partial charge in [0.1, 0.15) is 17.4 Å². The van der Waals surface area contributed by atoms with Gasteiger partial charge in [-0.2, -0.15) is 0 Å². The van der Waals surface area contributed by atoms with Crippen molar-refractivity contribution in [1.82, 2.24) is 10.3 Å². The molecule has 114 valence electrons. The van der Waals surface area contributed by atoms with Crippen molar-refractivity contribution in [3.05, 3.63) is 45.4 Å². The third kappa shape index (κ3) is 4.83. The Kier molecular flexibility index (Phi) is 6.21. The Morgan fingerprint density at radius 1 is 1.24 bits per heavy atom. The fourth-order valence-electron chi connectivity index (χ4n) is 2.08. The van der Waals surface area contributed by atoms with Crippen molar-refractivity contribution >= 4 is 11.3 Å². The Balaban J connectivity index is 1.88. The summed E-state index contributed by atoms with van der Waals surface area (Å²) in [5.74, 6) is 0.938. The second-order valence-electron chi connectivity index (χ2n) is 5.20. The molecule has 1 aromatic heterocycles. The molecule has 1 heterocycles. The maximum absolute atomic E-state index is 5.86. The van der Waals surface area contributed by atoms with E-state index in [0.717, 1.165) is 35.1 Å². The lowest BCUT2D eigenvalue weighted by Gasteiger charge is -2.06. The van der Waals surface area contributed by atoms with Crippen LogP contribution in [0.3, 0.4) is 0 Å². The van der Waals surface area contributed by atoms with E-state index in [4.69, 9.17) is 4.74 Å². The number of unbranched alkanes of at least 4 members (excludes halogenated alkanes) is 1. The lowest BCUT2D eigenvalue weighted by molar-refractivity contribution is 0.303. The molecule has 1 N–H and O–H groups in total. The molecule has 0 aliphatic rings. The average Bonchev–Trinajstić information content (AvgIpc) is 2.83. The van der Waals surface area contributed by atoms with E-state index in [1.165, 1.54) is 17.7 Å². The van der Waals surface area contributed by atoms with Crippen LogP contribution in [0.25, 0.3) is 0 Å². The van der Waals surface area contributed by atoms with Crippen molar-refractivity contribution < 1.29 is 4.74 Å². The van der Waals surface area contributed by atoms with E-state index in [1.54, 1.807) is 11.3 Å². The van der Waals surface area contributed by atoms with Crippen LogP contribution < -0.4 is 10.1 Å². The minimum absolute atomic E-state index is 0.547. The molecule has 0 fully saturated rings. The van der Waals surface area contributed by atoms with Gasteiger partial charge in [0, 0.05) is 11.4 Å². The molecule has 0 saturated carbocycles. The van der Waals surface area contributed by atoms with Crippen molar-refractivity contribution in [3.63, 3.8) is 0 Å². The number of nitrogens with one attached hydrogen (secondary N) is 1. The van der Waals surface area contributed by atoms with Crippen molar-refractivity contribution in [3.8, 4) is 5.75 Å². The molecule has 0 saturated heterocycles. The predicted molar refractivity (Wildman–Crippen MR) is 89.0 cm³/mol. The SMILES string of the molecule is CCCCNCc1sc(COc2ccccc2C)nc1C. The summed E-state index contributed by atoms with van der Waals surface area (Å²) in [6, 6.07) is 8.09. The van der Waals surface area contributed by atoms with Gasteiger partial charge in [0.25, 0.3) is 0 Å². The molecule has 21 heavy (non-hydrogen) atoms. The highest BCUT2D eigenvalue weighted by atomic mass is 32.1. The molecule has 1 aromatic carbocycles. The summed E-state index contributed by atoms with van der Waals surface area (Å²) in [5, 5.41) is 4.51.